The summed E-state index contributed by atoms with van der Waals surface area (Å²) in [6, 6.07) is 0. The third-order valence-electron chi connectivity index (χ3n) is 1.95. The van der Waals surface area contributed by atoms with Crippen LogP contribution >= 0.6 is 0 Å². The van der Waals surface area contributed by atoms with Gasteiger partial charge in [-0.3, -0.25) is 20.2 Å². The highest BCUT2D eigenvalue weighted by molar-refractivity contribution is 5.04. The molecule has 6 nitrogen and oxygen atoms in total. The molecule has 0 saturated carbocycles. The second-order valence-electron chi connectivity index (χ2n) is 3.03. The first-order valence-corrected chi connectivity index (χ1v) is 3.65. The molecule has 0 amide bonds. The average Bonchev–Trinajstić information content (AvgIpc) is 2.03. The monoisotopic (exact) mass is 208 g/mol. The molecule has 0 heterocycles. The zero-order valence-electron chi connectivity index (χ0n) is 6.85. The number of hydrogen-bond acceptors (Lipinski definition) is 4. The highest BCUT2D eigenvalue weighted by Crippen LogP contribution is 2.36. The van der Waals surface area contributed by atoms with E-state index in [9.17, 15) is 29.0 Å². The number of alkyl halides is 2. The summed E-state index contributed by atoms with van der Waals surface area (Å²) in [6.45, 7) is 0. The van der Waals surface area contributed by atoms with Crippen molar-refractivity contribution in [3.05, 3.63) is 32.4 Å². The Morgan fingerprint density at radius 2 is 1.79 bits per heavy atom. The van der Waals surface area contributed by atoms with Crippen molar-refractivity contribution in [1.29, 1.82) is 0 Å². The summed E-state index contributed by atoms with van der Waals surface area (Å²) in [5.74, 6) is -6.27. The lowest BCUT2D eigenvalue weighted by Crippen LogP contribution is -2.46. The first-order valence-electron chi connectivity index (χ1n) is 3.65. The molecular weight excluding hydrogens is 202 g/mol. The quantitative estimate of drug-likeness (QED) is 0.295. The standard InChI is InChI=1S/C6H6F2N2O4/c7-5(9(11)12)2-1-3-6(8,4-5)10(13)14/h1-2H,3-4H2. The molecule has 78 valence electrons. The van der Waals surface area contributed by atoms with E-state index in [1.165, 1.54) is 0 Å². The van der Waals surface area contributed by atoms with Gasteiger partial charge in [0, 0.05) is 6.08 Å². The summed E-state index contributed by atoms with van der Waals surface area (Å²) in [6.07, 6.45) is -0.737. The largest absolute Gasteiger partial charge is 0.387 e. The molecule has 0 fully saturated rings. The van der Waals surface area contributed by atoms with Crippen molar-refractivity contribution in [2.45, 2.75) is 24.4 Å². The van der Waals surface area contributed by atoms with Crippen LogP contribution in [0.1, 0.15) is 12.8 Å². The molecule has 0 aromatic carbocycles. The van der Waals surface area contributed by atoms with Gasteiger partial charge in [-0.2, -0.15) is 8.78 Å². The minimum absolute atomic E-state index is 0.536. The molecule has 0 aromatic heterocycles. The van der Waals surface area contributed by atoms with E-state index in [0.29, 0.717) is 6.08 Å². The number of rotatable bonds is 2. The topological polar surface area (TPSA) is 86.3 Å². The van der Waals surface area contributed by atoms with Crippen molar-refractivity contribution < 1.29 is 18.6 Å². The van der Waals surface area contributed by atoms with Gasteiger partial charge >= 0.3 is 11.6 Å². The summed E-state index contributed by atoms with van der Waals surface area (Å²) in [4.78, 5) is 17.7. The molecule has 2 atom stereocenters. The zero-order chi connectivity index (χ0) is 11.0. The molecular formula is C6H6F2N2O4. The molecule has 1 aliphatic carbocycles. The Morgan fingerprint density at radius 3 is 2.21 bits per heavy atom. The fourth-order valence-corrected chi connectivity index (χ4v) is 1.20. The van der Waals surface area contributed by atoms with E-state index in [0.717, 1.165) is 6.08 Å². The third-order valence-corrected chi connectivity index (χ3v) is 1.95. The lowest BCUT2D eigenvalue weighted by molar-refractivity contribution is -0.648. The molecule has 0 aliphatic heterocycles. The summed E-state index contributed by atoms with van der Waals surface area (Å²) in [5.41, 5.74) is 0. The number of halogens is 2. The van der Waals surface area contributed by atoms with Crippen molar-refractivity contribution in [2.75, 3.05) is 0 Å². The van der Waals surface area contributed by atoms with Crippen molar-refractivity contribution >= 4 is 0 Å². The van der Waals surface area contributed by atoms with E-state index in [4.69, 9.17) is 0 Å². The summed E-state index contributed by atoms with van der Waals surface area (Å²) in [7, 11) is 0. The lowest BCUT2D eigenvalue weighted by Gasteiger charge is -2.23. The SMILES string of the molecule is O=[N+]([O-])C1(F)C=CCC(F)([N+](=O)[O-])C1. The number of nitrogens with zero attached hydrogens (tertiary/aromatic N) is 2. The van der Waals surface area contributed by atoms with Crippen molar-refractivity contribution in [3.63, 3.8) is 0 Å². The first kappa shape index (κ1) is 10.5. The van der Waals surface area contributed by atoms with Gasteiger partial charge in [0.2, 0.25) is 0 Å². The Labute approximate surface area is 76.5 Å². The summed E-state index contributed by atoms with van der Waals surface area (Å²) in [5, 5.41) is 20.4. The Morgan fingerprint density at radius 1 is 1.21 bits per heavy atom. The highest BCUT2D eigenvalue weighted by Gasteiger charge is 2.59. The number of hydrogen-bond donors (Lipinski definition) is 0. The maximum absolute atomic E-state index is 13.3. The van der Waals surface area contributed by atoms with Gasteiger partial charge in [0.1, 0.15) is 0 Å². The maximum Gasteiger partial charge on any atom is 0.387 e. The highest BCUT2D eigenvalue weighted by atomic mass is 19.2. The van der Waals surface area contributed by atoms with Crippen LogP contribution in [0.4, 0.5) is 8.78 Å². The molecule has 1 aliphatic rings. The zero-order valence-corrected chi connectivity index (χ0v) is 6.85. The fraction of sp³-hybridized carbons (Fsp3) is 0.667. The van der Waals surface area contributed by atoms with Crippen molar-refractivity contribution in [1.82, 2.24) is 0 Å². The van der Waals surface area contributed by atoms with Gasteiger partial charge in [0.05, 0.1) is 16.3 Å². The molecule has 0 bridgehead atoms. The van der Waals surface area contributed by atoms with E-state index in [2.05, 4.69) is 0 Å². The summed E-state index contributed by atoms with van der Waals surface area (Å²) < 4.78 is 26.5. The van der Waals surface area contributed by atoms with E-state index >= 15 is 0 Å². The third kappa shape index (κ3) is 1.54. The minimum atomic E-state index is -3.18. The van der Waals surface area contributed by atoms with Gasteiger partial charge in [-0.15, -0.1) is 0 Å². The second-order valence-corrected chi connectivity index (χ2v) is 3.03. The van der Waals surface area contributed by atoms with Crippen molar-refractivity contribution in [3.8, 4) is 0 Å². The van der Waals surface area contributed by atoms with E-state index in [1.807, 2.05) is 0 Å². The van der Waals surface area contributed by atoms with Gasteiger partial charge in [-0.05, 0) is 0 Å². The Hall–Kier alpha value is -1.60. The molecule has 14 heavy (non-hydrogen) atoms. The molecule has 0 N–H and O–H groups in total. The van der Waals surface area contributed by atoms with Crippen LogP contribution < -0.4 is 0 Å². The van der Waals surface area contributed by atoms with Gasteiger partial charge < -0.3 is 0 Å². The predicted molar refractivity (Wildman–Crippen MR) is 40.0 cm³/mol. The molecule has 0 spiro atoms. The molecule has 2 unspecified atom stereocenters. The normalized spacial score (nSPS) is 36.7. The van der Waals surface area contributed by atoms with E-state index in [-0.39, 0.29) is 0 Å². The van der Waals surface area contributed by atoms with Gasteiger partial charge in [0.15, 0.2) is 6.42 Å². The van der Waals surface area contributed by atoms with Crippen LogP contribution in [0.15, 0.2) is 12.2 Å². The Bertz CT molecular complexity index is 321. The predicted octanol–water partition coefficient (Wildman–Crippen LogP) is 1.22. The molecule has 8 heteroatoms. The molecule has 0 saturated heterocycles. The van der Waals surface area contributed by atoms with Crippen LogP contribution in [-0.4, -0.2) is 21.4 Å². The first-order chi connectivity index (χ1) is 6.30. The van der Waals surface area contributed by atoms with Crippen LogP contribution in [0.2, 0.25) is 0 Å². The van der Waals surface area contributed by atoms with Gasteiger partial charge in [0.25, 0.3) is 0 Å². The fourth-order valence-electron chi connectivity index (χ4n) is 1.20. The Kier molecular flexibility index (Phi) is 2.22. The van der Waals surface area contributed by atoms with Crippen LogP contribution in [0, 0.1) is 20.2 Å². The van der Waals surface area contributed by atoms with Crippen molar-refractivity contribution in [2.24, 2.45) is 0 Å². The van der Waals surface area contributed by atoms with E-state index in [1.54, 1.807) is 0 Å². The van der Waals surface area contributed by atoms with Gasteiger partial charge in [-0.1, -0.05) is 6.08 Å². The maximum atomic E-state index is 13.3. The molecule has 0 radical (unpaired) electrons. The van der Waals surface area contributed by atoms with E-state index < -0.39 is 34.3 Å². The van der Waals surface area contributed by atoms with Crippen LogP contribution in [0.25, 0.3) is 0 Å². The summed E-state index contributed by atoms with van der Waals surface area (Å²) >= 11 is 0. The molecule has 0 aromatic rings. The Balaban J connectivity index is 3.00. The minimum Gasteiger partial charge on any atom is -0.261 e. The smallest absolute Gasteiger partial charge is 0.261 e. The molecule has 1 rings (SSSR count). The average molecular weight is 208 g/mol. The number of nitro groups is 2. The van der Waals surface area contributed by atoms with Crippen LogP contribution in [0.3, 0.4) is 0 Å². The lowest BCUT2D eigenvalue weighted by atomic mass is 9.94. The van der Waals surface area contributed by atoms with Gasteiger partial charge in [-0.25, -0.2) is 0 Å². The second kappa shape index (κ2) is 2.96. The van der Waals surface area contributed by atoms with Crippen LogP contribution in [0.5, 0.6) is 0 Å². The van der Waals surface area contributed by atoms with Crippen LogP contribution in [-0.2, 0) is 0 Å².